The van der Waals surface area contributed by atoms with Crippen LogP contribution in [0.3, 0.4) is 0 Å². The first-order chi connectivity index (χ1) is 7.17. The first-order valence-electron chi connectivity index (χ1n) is 3.67. The molecule has 1 heterocycles. The van der Waals surface area contributed by atoms with Crippen LogP contribution < -0.4 is 5.73 Å². The van der Waals surface area contributed by atoms with E-state index in [4.69, 9.17) is 5.73 Å². The molecular weight excluding hydrogens is 222 g/mol. The maximum atomic E-state index is 10.6. The summed E-state index contributed by atoms with van der Waals surface area (Å²) < 4.78 is 4.16. The average molecular weight is 229 g/mol. The minimum absolute atomic E-state index is 0.131. The zero-order valence-electron chi connectivity index (χ0n) is 7.67. The third-order valence-corrected chi connectivity index (χ3v) is 1.96. The molecule has 0 aliphatic carbocycles. The molecule has 2 N–H and O–H groups in total. The number of hydrogen-bond acceptors (Lipinski definition) is 8. The van der Waals surface area contributed by atoms with Crippen molar-refractivity contribution in [2.24, 2.45) is 5.16 Å². The monoisotopic (exact) mass is 229 g/mol. The summed E-state index contributed by atoms with van der Waals surface area (Å²) in [5.41, 5.74) is 5.47. The Kier molecular flexibility index (Phi) is 3.75. The van der Waals surface area contributed by atoms with Gasteiger partial charge >= 0.3 is 6.16 Å². The zero-order chi connectivity index (χ0) is 11.3. The maximum absolute atomic E-state index is 10.6. The highest BCUT2D eigenvalue weighted by atomic mass is 32.1. The molecule has 7 nitrogen and oxygen atoms in total. The number of aldehydes is 1. The molecule has 0 radical (unpaired) electrons. The molecule has 0 bridgehead atoms. The van der Waals surface area contributed by atoms with Crippen LogP contribution in [0, 0.1) is 0 Å². The summed E-state index contributed by atoms with van der Waals surface area (Å²) in [7, 11) is 1.12. The van der Waals surface area contributed by atoms with Gasteiger partial charge < -0.3 is 10.5 Å². The SMILES string of the molecule is COC(=O)O/N=C(/C=O)c1csc(N)n1. The van der Waals surface area contributed by atoms with Crippen LogP contribution in [-0.4, -0.2) is 30.2 Å². The second-order valence-corrected chi connectivity index (χ2v) is 3.10. The summed E-state index contributed by atoms with van der Waals surface area (Å²) in [4.78, 5) is 29.2. The predicted octanol–water partition coefficient (Wildman–Crippen LogP) is 0.411. The number of hydrogen-bond donors (Lipinski definition) is 1. The van der Waals surface area contributed by atoms with Crippen LogP contribution in [0.1, 0.15) is 5.69 Å². The van der Waals surface area contributed by atoms with E-state index in [2.05, 4.69) is 19.7 Å². The van der Waals surface area contributed by atoms with Gasteiger partial charge in [-0.2, -0.15) is 0 Å². The quantitative estimate of drug-likeness (QED) is 0.264. The van der Waals surface area contributed by atoms with Crippen LogP contribution >= 0.6 is 11.3 Å². The van der Waals surface area contributed by atoms with E-state index < -0.39 is 6.16 Å². The number of carbonyl (C=O) groups is 2. The highest BCUT2D eigenvalue weighted by Gasteiger charge is 2.09. The van der Waals surface area contributed by atoms with Crippen molar-refractivity contribution < 1.29 is 19.2 Å². The Hall–Kier alpha value is -1.96. The molecule has 80 valence electrons. The first-order valence-corrected chi connectivity index (χ1v) is 4.55. The third kappa shape index (κ3) is 3.02. The van der Waals surface area contributed by atoms with Crippen LogP contribution in [0.2, 0.25) is 0 Å². The molecule has 0 amide bonds. The lowest BCUT2D eigenvalue weighted by atomic mass is 10.3. The van der Waals surface area contributed by atoms with Gasteiger partial charge in [-0.05, 0) is 0 Å². The fraction of sp³-hybridized carbons (Fsp3) is 0.143. The molecule has 0 aromatic carbocycles. The summed E-state index contributed by atoms with van der Waals surface area (Å²) >= 11 is 1.14. The number of ether oxygens (including phenoxy) is 1. The number of rotatable bonds is 3. The lowest BCUT2D eigenvalue weighted by Crippen LogP contribution is -2.07. The molecule has 1 aromatic rings. The van der Waals surface area contributed by atoms with E-state index in [1.807, 2.05) is 0 Å². The van der Waals surface area contributed by atoms with Crippen molar-refractivity contribution in [1.82, 2.24) is 4.98 Å². The van der Waals surface area contributed by atoms with Gasteiger partial charge in [0.1, 0.15) is 5.69 Å². The van der Waals surface area contributed by atoms with Gasteiger partial charge in [0.15, 0.2) is 17.1 Å². The highest BCUT2D eigenvalue weighted by Crippen LogP contribution is 2.11. The van der Waals surface area contributed by atoms with Crippen LogP contribution in [0.15, 0.2) is 10.5 Å². The molecule has 0 saturated heterocycles. The molecule has 0 fully saturated rings. The Morgan fingerprint density at radius 1 is 1.73 bits per heavy atom. The van der Waals surface area contributed by atoms with Gasteiger partial charge in [-0.1, -0.05) is 5.16 Å². The molecule has 1 aromatic heterocycles. The summed E-state index contributed by atoms with van der Waals surface area (Å²) in [5, 5.41) is 5.07. The second-order valence-electron chi connectivity index (χ2n) is 2.21. The number of nitrogen functional groups attached to an aromatic ring is 1. The second kappa shape index (κ2) is 5.05. The number of oxime groups is 1. The Morgan fingerprint density at radius 2 is 2.47 bits per heavy atom. The number of carbonyl (C=O) groups excluding carboxylic acids is 2. The van der Waals surface area contributed by atoms with Crippen LogP contribution in [0.4, 0.5) is 9.93 Å². The lowest BCUT2D eigenvalue weighted by Gasteiger charge is -1.95. The Balaban J connectivity index is 2.79. The molecule has 0 aliphatic heterocycles. The maximum Gasteiger partial charge on any atom is 0.534 e. The summed E-state index contributed by atoms with van der Waals surface area (Å²) in [5.74, 6) is 0. The molecule has 0 spiro atoms. The van der Waals surface area contributed by atoms with Gasteiger partial charge in [-0.3, -0.25) is 9.63 Å². The van der Waals surface area contributed by atoms with Gasteiger partial charge in [-0.15, -0.1) is 11.3 Å². The number of methoxy groups -OCH3 is 1. The molecule has 0 aliphatic rings. The average Bonchev–Trinajstić information content (AvgIpc) is 2.65. The van der Waals surface area contributed by atoms with Gasteiger partial charge in [0.2, 0.25) is 0 Å². The van der Waals surface area contributed by atoms with Crippen molar-refractivity contribution in [2.75, 3.05) is 12.8 Å². The molecule has 0 atom stereocenters. The van der Waals surface area contributed by atoms with Crippen molar-refractivity contribution in [3.63, 3.8) is 0 Å². The van der Waals surface area contributed by atoms with E-state index in [0.29, 0.717) is 6.29 Å². The van der Waals surface area contributed by atoms with Crippen molar-refractivity contribution in [2.45, 2.75) is 0 Å². The van der Waals surface area contributed by atoms with Crippen molar-refractivity contribution in [1.29, 1.82) is 0 Å². The molecule has 0 unspecified atom stereocenters. The lowest BCUT2D eigenvalue weighted by molar-refractivity contribution is -0.102. The van der Waals surface area contributed by atoms with E-state index in [1.54, 1.807) is 0 Å². The van der Waals surface area contributed by atoms with E-state index in [-0.39, 0.29) is 16.5 Å². The third-order valence-electron chi connectivity index (χ3n) is 1.28. The van der Waals surface area contributed by atoms with E-state index in [0.717, 1.165) is 18.4 Å². The van der Waals surface area contributed by atoms with Crippen LogP contribution in [0.5, 0.6) is 0 Å². The van der Waals surface area contributed by atoms with Crippen molar-refractivity contribution >= 4 is 34.6 Å². The Labute approximate surface area is 88.5 Å². The van der Waals surface area contributed by atoms with Gasteiger partial charge in [-0.25, -0.2) is 9.78 Å². The minimum atomic E-state index is -1.02. The number of nitrogens with two attached hydrogens (primary N) is 1. The predicted molar refractivity (Wildman–Crippen MR) is 52.6 cm³/mol. The number of aromatic nitrogens is 1. The highest BCUT2D eigenvalue weighted by molar-refractivity contribution is 7.13. The van der Waals surface area contributed by atoms with Gasteiger partial charge in [0.25, 0.3) is 0 Å². The first kappa shape index (κ1) is 11.1. The Bertz CT molecular complexity index is 401. The summed E-state index contributed by atoms with van der Waals surface area (Å²) in [6.45, 7) is 0. The summed E-state index contributed by atoms with van der Waals surface area (Å²) in [6.07, 6.45) is -0.616. The topological polar surface area (TPSA) is 104 Å². The van der Waals surface area contributed by atoms with E-state index in [1.165, 1.54) is 5.38 Å². The Morgan fingerprint density at radius 3 is 2.93 bits per heavy atom. The number of nitrogens with zero attached hydrogens (tertiary/aromatic N) is 2. The number of anilines is 1. The minimum Gasteiger partial charge on any atom is -0.436 e. The molecule has 0 saturated carbocycles. The van der Waals surface area contributed by atoms with Crippen LogP contribution in [-0.2, 0) is 14.4 Å². The fourth-order valence-electron chi connectivity index (χ4n) is 0.658. The molecule has 15 heavy (non-hydrogen) atoms. The van der Waals surface area contributed by atoms with Crippen LogP contribution in [0.25, 0.3) is 0 Å². The van der Waals surface area contributed by atoms with Gasteiger partial charge in [0, 0.05) is 5.38 Å². The molecular formula is C7H7N3O4S. The smallest absolute Gasteiger partial charge is 0.436 e. The largest absolute Gasteiger partial charge is 0.534 e. The zero-order valence-corrected chi connectivity index (χ0v) is 8.48. The van der Waals surface area contributed by atoms with E-state index in [9.17, 15) is 9.59 Å². The normalized spacial score (nSPS) is 10.9. The van der Waals surface area contributed by atoms with E-state index >= 15 is 0 Å². The van der Waals surface area contributed by atoms with Crippen molar-refractivity contribution in [3.05, 3.63) is 11.1 Å². The van der Waals surface area contributed by atoms with Gasteiger partial charge in [0.05, 0.1) is 7.11 Å². The summed E-state index contributed by atoms with van der Waals surface area (Å²) in [6, 6.07) is 0. The standard InChI is InChI=1S/C7H7N3O4S/c1-13-7(12)14-10-4(2-11)5-3-15-6(8)9-5/h2-3H,1H3,(H2,8,9)/b10-4-. The molecule has 8 heteroatoms. The fourth-order valence-corrected chi connectivity index (χ4v) is 1.21. The number of thiazole rings is 1. The van der Waals surface area contributed by atoms with Crippen molar-refractivity contribution in [3.8, 4) is 0 Å². The molecule has 1 rings (SSSR count).